The van der Waals surface area contributed by atoms with Crippen molar-refractivity contribution >= 4 is 38.3 Å². The monoisotopic (exact) mass is 371 g/mol. The number of aromatic amines is 1. The molecule has 2 aromatic carbocycles. The second kappa shape index (κ2) is 6.16. The van der Waals surface area contributed by atoms with Crippen LogP contribution in [0.1, 0.15) is 35.9 Å². The Balaban J connectivity index is 1.95. The fourth-order valence-electron chi connectivity index (χ4n) is 2.53. The number of nitrogens with zero attached hydrogens (tertiary/aromatic N) is 2. The Hall–Kier alpha value is -2.14. The summed E-state index contributed by atoms with van der Waals surface area (Å²) >= 11 is 3.49. The highest BCUT2D eigenvalue weighted by molar-refractivity contribution is 9.10. The van der Waals surface area contributed by atoms with Crippen molar-refractivity contribution in [2.75, 3.05) is 11.9 Å². The molecule has 1 amide bonds. The van der Waals surface area contributed by atoms with Gasteiger partial charge in [-0.15, -0.1) is 0 Å². The normalized spacial score (nSPS) is 11.2. The number of carbonyl (C=O) groups excluding carboxylic acids is 1. The first-order valence-corrected chi connectivity index (χ1v) is 8.29. The first-order chi connectivity index (χ1) is 11.0. The van der Waals surface area contributed by atoms with Gasteiger partial charge in [0.1, 0.15) is 0 Å². The summed E-state index contributed by atoms with van der Waals surface area (Å²) in [4.78, 5) is 14.4. The van der Waals surface area contributed by atoms with Crippen molar-refractivity contribution in [3.05, 3.63) is 58.3 Å². The molecule has 0 fully saturated rings. The average molecular weight is 372 g/mol. The summed E-state index contributed by atoms with van der Waals surface area (Å²) < 4.78 is 0.741. The third-order valence-electron chi connectivity index (χ3n) is 3.94. The molecule has 1 heterocycles. The number of hydrogen-bond donors (Lipinski definition) is 1. The van der Waals surface area contributed by atoms with Gasteiger partial charge >= 0.3 is 0 Å². The number of rotatable bonds is 3. The molecule has 0 saturated carbocycles. The number of fused-ring (bicyclic) bond motifs is 1. The zero-order valence-electron chi connectivity index (χ0n) is 13.3. The Morgan fingerprint density at radius 2 is 1.87 bits per heavy atom. The zero-order valence-corrected chi connectivity index (χ0v) is 14.9. The zero-order chi connectivity index (χ0) is 16.6. The van der Waals surface area contributed by atoms with Crippen LogP contribution in [0.4, 0.5) is 5.69 Å². The second-order valence-electron chi connectivity index (χ2n) is 5.85. The van der Waals surface area contributed by atoms with Crippen molar-refractivity contribution in [2.45, 2.75) is 19.8 Å². The maximum absolute atomic E-state index is 12.8. The third kappa shape index (κ3) is 2.88. The number of aromatic nitrogens is 2. The van der Waals surface area contributed by atoms with Crippen LogP contribution in [0.25, 0.3) is 10.8 Å². The van der Waals surface area contributed by atoms with Gasteiger partial charge in [-0.3, -0.25) is 9.89 Å². The number of hydrogen-bond acceptors (Lipinski definition) is 2. The van der Waals surface area contributed by atoms with Gasteiger partial charge in [-0.2, -0.15) is 5.10 Å². The Morgan fingerprint density at radius 3 is 2.52 bits per heavy atom. The van der Waals surface area contributed by atoms with Gasteiger partial charge < -0.3 is 4.90 Å². The summed E-state index contributed by atoms with van der Waals surface area (Å²) in [6.07, 6.45) is 0. The maximum Gasteiger partial charge on any atom is 0.279 e. The number of anilines is 1. The van der Waals surface area contributed by atoms with Crippen molar-refractivity contribution in [3.8, 4) is 0 Å². The molecule has 4 nitrogen and oxygen atoms in total. The van der Waals surface area contributed by atoms with Gasteiger partial charge in [0.15, 0.2) is 5.69 Å². The molecule has 3 aromatic rings. The van der Waals surface area contributed by atoms with E-state index < -0.39 is 0 Å². The summed E-state index contributed by atoms with van der Waals surface area (Å²) in [7, 11) is 1.77. The Labute approximate surface area is 143 Å². The highest BCUT2D eigenvalue weighted by Gasteiger charge is 2.23. The molecular formula is C18H18BrN3O. The average Bonchev–Trinajstić information content (AvgIpc) is 2.94. The topological polar surface area (TPSA) is 49.0 Å². The quantitative estimate of drug-likeness (QED) is 0.723. The first-order valence-electron chi connectivity index (χ1n) is 7.49. The standard InChI is InChI=1S/C18H18BrN3O/c1-11(2)16-15(19)17(21-20-16)18(23)22(3)14-9-8-12-6-4-5-7-13(12)10-14/h4-11H,1-3H3,(H,20,21). The van der Waals surface area contributed by atoms with Crippen LogP contribution in [0, 0.1) is 0 Å². The predicted octanol–water partition coefficient (Wildman–Crippen LogP) is 4.73. The fourth-order valence-corrected chi connectivity index (χ4v) is 3.33. The van der Waals surface area contributed by atoms with Crippen LogP contribution in [0.5, 0.6) is 0 Å². The van der Waals surface area contributed by atoms with E-state index >= 15 is 0 Å². The smallest absolute Gasteiger partial charge is 0.279 e. The van der Waals surface area contributed by atoms with E-state index in [2.05, 4.69) is 46.0 Å². The largest absolute Gasteiger partial charge is 0.310 e. The molecule has 1 N–H and O–H groups in total. The highest BCUT2D eigenvalue weighted by Crippen LogP contribution is 2.28. The summed E-state index contributed by atoms with van der Waals surface area (Å²) in [5.74, 6) is 0.125. The van der Waals surface area contributed by atoms with Crippen LogP contribution < -0.4 is 4.90 Å². The third-order valence-corrected chi connectivity index (χ3v) is 4.74. The molecule has 0 aliphatic carbocycles. The van der Waals surface area contributed by atoms with Gasteiger partial charge in [0.05, 0.1) is 10.2 Å². The van der Waals surface area contributed by atoms with Crippen LogP contribution in [0.3, 0.4) is 0 Å². The molecule has 5 heteroatoms. The molecule has 0 radical (unpaired) electrons. The summed E-state index contributed by atoms with van der Waals surface area (Å²) in [5, 5.41) is 9.39. The SMILES string of the molecule is CC(C)c1[nH]nc(C(=O)N(C)c2ccc3ccccc3c2)c1Br. The summed E-state index contributed by atoms with van der Waals surface area (Å²) in [6.45, 7) is 4.11. The minimum atomic E-state index is -0.143. The lowest BCUT2D eigenvalue weighted by atomic mass is 10.1. The minimum absolute atomic E-state index is 0.143. The van der Waals surface area contributed by atoms with E-state index in [1.165, 1.54) is 0 Å². The molecule has 0 spiro atoms. The summed E-state index contributed by atoms with van der Waals surface area (Å²) in [5.41, 5.74) is 2.18. The van der Waals surface area contributed by atoms with Crippen LogP contribution >= 0.6 is 15.9 Å². The predicted molar refractivity (Wildman–Crippen MR) is 97.1 cm³/mol. The molecule has 3 rings (SSSR count). The van der Waals surface area contributed by atoms with Crippen molar-refractivity contribution in [3.63, 3.8) is 0 Å². The number of halogens is 1. The molecule has 0 aliphatic rings. The fraction of sp³-hybridized carbons (Fsp3) is 0.222. The number of amides is 1. The Morgan fingerprint density at radius 1 is 1.17 bits per heavy atom. The van der Waals surface area contributed by atoms with E-state index in [-0.39, 0.29) is 11.8 Å². The molecule has 0 aliphatic heterocycles. The van der Waals surface area contributed by atoms with Gasteiger partial charge in [-0.1, -0.05) is 44.2 Å². The molecule has 0 saturated heterocycles. The lowest BCUT2D eigenvalue weighted by Gasteiger charge is -2.17. The Bertz CT molecular complexity index is 870. The van der Waals surface area contributed by atoms with Gasteiger partial charge in [0.25, 0.3) is 5.91 Å². The molecule has 118 valence electrons. The molecule has 1 aromatic heterocycles. The first kappa shape index (κ1) is 15.7. The highest BCUT2D eigenvalue weighted by atomic mass is 79.9. The van der Waals surface area contributed by atoms with E-state index in [1.807, 2.05) is 36.4 Å². The van der Waals surface area contributed by atoms with E-state index in [0.29, 0.717) is 5.69 Å². The molecule has 23 heavy (non-hydrogen) atoms. The molecule has 0 bridgehead atoms. The maximum atomic E-state index is 12.8. The van der Waals surface area contributed by atoms with Gasteiger partial charge in [-0.05, 0) is 44.8 Å². The van der Waals surface area contributed by atoms with Crippen LogP contribution in [0.15, 0.2) is 46.9 Å². The second-order valence-corrected chi connectivity index (χ2v) is 6.64. The van der Waals surface area contributed by atoms with Crippen molar-refractivity contribution in [1.82, 2.24) is 10.2 Å². The number of benzene rings is 2. The van der Waals surface area contributed by atoms with E-state index in [4.69, 9.17) is 0 Å². The van der Waals surface area contributed by atoms with Crippen LogP contribution in [0.2, 0.25) is 0 Å². The van der Waals surface area contributed by atoms with E-state index in [0.717, 1.165) is 26.6 Å². The lowest BCUT2D eigenvalue weighted by Crippen LogP contribution is -2.26. The number of nitrogens with one attached hydrogen (secondary N) is 1. The van der Waals surface area contributed by atoms with Crippen molar-refractivity contribution in [1.29, 1.82) is 0 Å². The van der Waals surface area contributed by atoms with E-state index in [1.54, 1.807) is 11.9 Å². The van der Waals surface area contributed by atoms with Crippen molar-refractivity contribution in [2.24, 2.45) is 0 Å². The van der Waals surface area contributed by atoms with Crippen LogP contribution in [-0.4, -0.2) is 23.2 Å². The van der Waals surface area contributed by atoms with E-state index in [9.17, 15) is 4.79 Å². The Kier molecular flexibility index (Phi) is 4.22. The van der Waals surface area contributed by atoms with Crippen molar-refractivity contribution < 1.29 is 4.79 Å². The van der Waals surface area contributed by atoms with Gasteiger partial charge in [0.2, 0.25) is 0 Å². The van der Waals surface area contributed by atoms with Gasteiger partial charge in [-0.25, -0.2) is 0 Å². The number of carbonyl (C=O) groups is 1. The minimum Gasteiger partial charge on any atom is -0.310 e. The summed E-state index contributed by atoms with van der Waals surface area (Å²) in [6, 6.07) is 14.1. The van der Waals surface area contributed by atoms with Crippen LogP contribution in [-0.2, 0) is 0 Å². The number of H-pyrrole nitrogens is 1. The lowest BCUT2D eigenvalue weighted by molar-refractivity contribution is 0.0987. The molecule has 0 unspecified atom stereocenters. The molecular weight excluding hydrogens is 354 g/mol. The molecule has 0 atom stereocenters. The van der Waals surface area contributed by atoms with Gasteiger partial charge in [0, 0.05) is 12.7 Å².